The third-order valence-electron chi connectivity index (χ3n) is 4.97. The monoisotopic (exact) mass is 471 g/mol. The number of aromatic nitrogens is 2. The highest BCUT2D eigenvalue weighted by atomic mass is 35.5. The number of amides is 1. The van der Waals surface area contributed by atoms with Crippen molar-refractivity contribution in [2.24, 2.45) is 0 Å². The summed E-state index contributed by atoms with van der Waals surface area (Å²) in [5.74, 6) is 1.31. The third kappa shape index (κ3) is 4.76. The summed E-state index contributed by atoms with van der Waals surface area (Å²) in [5.41, 5.74) is 1.21. The number of allylic oxidation sites excluding steroid dienone is 1. The van der Waals surface area contributed by atoms with E-state index in [1.54, 1.807) is 24.3 Å². The van der Waals surface area contributed by atoms with Crippen LogP contribution in [0.4, 0.5) is 0 Å². The minimum Gasteiger partial charge on any atom is -0.486 e. The first kappa shape index (κ1) is 22.2. The maximum Gasteiger partial charge on any atom is 0.262 e. The van der Waals surface area contributed by atoms with E-state index >= 15 is 0 Å². The number of benzene rings is 2. The minimum atomic E-state index is -0.224. The summed E-state index contributed by atoms with van der Waals surface area (Å²) in [6.07, 6.45) is 1.62. The molecule has 2 heterocycles. The van der Waals surface area contributed by atoms with Gasteiger partial charge in [-0.2, -0.15) is 0 Å². The Hall–Kier alpha value is -2.97. The fraction of sp³-hybridized carbons (Fsp3) is 0.261. The molecule has 0 aliphatic carbocycles. The van der Waals surface area contributed by atoms with E-state index in [0.717, 1.165) is 5.56 Å². The first-order chi connectivity index (χ1) is 15.5. The van der Waals surface area contributed by atoms with Crippen LogP contribution in [0, 0.1) is 0 Å². The molecule has 7 nitrogen and oxygen atoms in total. The van der Waals surface area contributed by atoms with Gasteiger partial charge in [0.25, 0.3) is 5.56 Å². The van der Waals surface area contributed by atoms with Gasteiger partial charge in [0.1, 0.15) is 13.2 Å². The van der Waals surface area contributed by atoms with Crippen molar-refractivity contribution in [1.29, 1.82) is 0 Å². The Bertz CT molecular complexity index is 1240. The van der Waals surface area contributed by atoms with Crippen molar-refractivity contribution in [2.45, 2.75) is 24.7 Å². The number of halogens is 1. The average molecular weight is 472 g/mol. The first-order valence-corrected chi connectivity index (χ1v) is 11.5. The van der Waals surface area contributed by atoms with Crippen molar-refractivity contribution >= 4 is 40.2 Å². The van der Waals surface area contributed by atoms with Gasteiger partial charge in [0.05, 0.1) is 22.7 Å². The standard InChI is InChI=1S/C23H22ClN3O4S/c1-3-8-27-22(29)17-6-5-16(24)12-18(17)26-23(27)32-13-21(28)25-14(2)15-4-7-19-20(11-15)31-10-9-30-19/h3-7,11-12,14H,1,8-10,13H2,2H3,(H,25,28). The van der Waals surface area contributed by atoms with Gasteiger partial charge >= 0.3 is 0 Å². The molecule has 1 atom stereocenters. The van der Waals surface area contributed by atoms with Crippen LogP contribution in [0.1, 0.15) is 18.5 Å². The lowest BCUT2D eigenvalue weighted by atomic mass is 10.1. The molecule has 9 heteroatoms. The minimum absolute atomic E-state index is 0.102. The topological polar surface area (TPSA) is 82.5 Å². The second-order valence-corrected chi connectivity index (χ2v) is 8.62. The van der Waals surface area contributed by atoms with E-state index < -0.39 is 0 Å². The lowest BCUT2D eigenvalue weighted by molar-refractivity contribution is -0.119. The average Bonchev–Trinajstić information content (AvgIpc) is 2.79. The third-order valence-corrected chi connectivity index (χ3v) is 6.18. The smallest absolute Gasteiger partial charge is 0.262 e. The Morgan fingerprint density at radius 2 is 2.06 bits per heavy atom. The van der Waals surface area contributed by atoms with E-state index in [2.05, 4.69) is 16.9 Å². The van der Waals surface area contributed by atoms with Crippen molar-refractivity contribution in [2.75, 3.05) is 19.0 Å². The van der Waals surface area contributed by atoms with E-state index in [4.69, 9.17) is 21.1 Å². The molecule has 1 aromatic heterocycles. The fourth-order valence-corrected chi connectivity index (χ4v) is 4.39. The van der Waals surface area contributed by atoms with Crippen LogP contribution in [0.3, 0.4) is 0 Å². The highest BCUT2D eigenvalue weighted by Crippen LogP contribution is 2.32. The van der Waals surface area contributed by atoms with Crippen molar-refractivity contribution in [1.82, 2.24) is 14.9 Å². The van der Waals surface area contributed by atoms with E-state index in [9.17, 15) is 9.59 Å². The molecular weight excluding hydrogens is 450 g/mol. The van der Waals surface area contributed by atoms with E-state index in [1.807, 2.05) is 25.1 Å². The zero-order valence-electron chi connectivity index (χ0n) is 17.5. The summed E-state index contributed by atoms with van der Waals surface area (Å²) < 4.78 is 12.7. The molecule has 166 valence electrons. The number of fused-ring (bicyclic) bond motifs is 2. The highest BCUT2D eigenvalue weighted by Gasteiger charge is 2.17. The quantitative estimate of drug-likeness (QED) is 0.319. The number of carbonyl (C=O) groups excluding carboxylic acids is 1. The summed E-state index contributed by atoms with van der Waals surface area (Å²) in [7, 11) is 0. The van der Waals surface area contributed by atoms with Crippen molar-refractivity contribution in [3.05, 3.63) is 70.0 Å². The van der Waals surface area contributed by atoms with Gasteiger partial charge in [-0.15, -0.1) is 6.58 Å². The molecule has 1 aliphatic heterocycles. The highest BCUT2D eigenvalue weighted by molar-refractivity contribution is 7.99. The number of hydrogen-bond donors (Lipinski definition) is 1. The molecule has 4 rings (SSSR count). The number of nitrogens with one attached hydrogen (secondary N) is 1. The lowest BCUT2D eigenvalue weighted by Crippen LogP contribution is -2.29. The molecule has 0 saturated carbocycles. The van der Waals surface area contributed by atoms with Gasteiger partial charge in [0.15, 0.2) is 16.7 Å². The van der Waals surface area contributed by atoms with Gasteiger partial charge < -0.3 is 14.8 Å². The van der Waals surface area contributed by atoms with E-state index in [-0.39, 0.29) is 23.3 Å². The summed E-state index contributed by atoms with van der Waals surface area (Å²) in [6, 6.07) is 10.4. The van der Waals surface area contributed by atoms with Crippen molar-refractivity contribution < 1.29 is 14.3 Å². The second kappa shape index (κ2) is 9.67. The fourth-order valence-electron chi connectivity index (χ4n) is 3.40. The maximum atomic E-state index is 12.9. The van der Waals surface area contributed by atoms with Crippen LogP contribution in [0.25, 0.3) is 10.9 Å². The molecule has 0 fully saturated rings. The normalized spacial score (nSPS) is 13.6. The number of carbonyl (C=O) groups is 1. The van der Waals surface area contributed by atoms with Crippen LogP contribution >= 0.6 is 23.4 Å². The van der Waals surface area contributed by atoms with Crippen LogP contribution in [-0.4, -0.2) is 34.4 Å². The Kier molecular flexibility index (Phi) is 6.72. The Balaban J connectivity index is 1.48. The van der Waals surface area contributed by atoms with Gasteiger partial charge in [-0.1, -0.05) is 35.5 Å². The summed E-state index contributed by atoms with van der Waals surface area (Å²) in [4.78, 5) is 30.0. The largest absolute Gasteiger partial charge is 0.486 e. The number of ether oxygens (including phenoxy) is 2. The van der Waals surface area contributed by atoms with Gasteiger partial charge in [0.2, 0.25) is 5.91 Å². The van der Waals surface area contributed by atoms with E-state index in [0.29, 0.717) is 52.3 Å². The van der Waals surface area contributed by atoms with Crippen LogP contribution in [0.15, 0.2) is 59.0 Å². The summed E-state index contributed by atoms with van der Waals surface area (Å²) in [5, 5.41) is 4.37. The zero-order chi connectivity index (χ0) is 22.7. The number of hydrogen-bond acceptors (Lipinski definition) is 6. The number of rotatable bonds is 7. The molecule has 0 radical (unpaired) electrons. The first-order valence-electron chi connectivity index (χ1n) is 10.1. The summed E-state index contributed by atoms with van der Waals surface area (Å²) >= 11 is 7.25. The van der Waals surface area contributed by atoms with Crippen LogP contribution < -0.4 is 20.3 Å². The predicted octanol–water partition coefficient (Wildman–Crippen LogP) is 3.98. The number of nitrogens with zero attached hydrogens (tertiary/aromatic N) is 2. The molecule has 2 aromatic carbocycles. The molecule has 3 aromatic rings. The zero-order valence-corrected chi connectivity index (χ0v) is 19.0. The van der Waals surface area contributed by atoms with Crippen LogP contribution in [0.2, 0.25) is 5.02 Å². The van der Waals surface area contributed by atoms with Crippen LogP contribution in [0.5, 0.6) is 11.5 Å². The number of thioether (sulfide) groups is 1. The van der Waals surface area contributed by atoms with Crippen molar-refractivity contribution in [3.8, 4) is 11.5 Å². The SMILES string of the molecule is C=CCn1c(SCC(=O)NC(C)c2ccc3c(c2)OCCO3)nc2cc(Cl)ccc2c1=O. The Morgan fingerprint density at radius 1 is 1.28 bits per heavy atom. The van der Waals surface area contributed by atoms with Gasteiger partial charge in [0, 0.05) is 11.6 Å². The van der Waals surface area contributed by atoms with Crippen molar-refractivity contribution in [3.63, 3.8) is 0 Å². The molecule has 1 aliphatic rings. The molecular formula is C23H22ClN3O4S. The molecule has 1 amide bonds. The van der Waals surface area contributed by atoms with Gasteiger partial charge in [-0.25, -0.2) is 4.98 Å². The molecule has 32 heavy (non-hydrogen) atoms. The van der Waals surface area contributed by atoms with E-state index in [1.165, 1.54) is 16.3 Å². The second-order valence-electron chi connectivity index (χ2n) is 7.24. The predicted molar refractivity (Wildman–Crippen MR) is 126 cm³/mol. The van der Waals surface area contributed by atoms with Crippen LogP contribution in [-0.2, 0) is 11.3 Å². The van der Waals surface area contributed by atoms with Gasteiger partial charge in [-0.3, -0.25) is 14.2 Å². The lowest BCUT2D eigenvalue weighted by Gasteiger charge is -2.21. The molecule has 0 bridgehead atoms. The Labute approximate surface area is 194 Å². The molecule has 0 saturated heterocycles. The Morgan fingerprint density at radius 3 is 2.84 bits per heavy atom. The summed E-state index contributed by atoms with van der Waals surface area (Å²) in [6.45, 7) is 6.94. The molecule has 1 unspecified atom stereocenters. The molecule has 1 N–H and O–H groups in total. The van der Waals surface area contributed by atoms with Gasteiger partial charge in [-0.05, 0) is 42.8 Å². The maximum absolute atomic E-state index is 12.9. The molecule has 0 spiro atoms.